The van der Waals surface area contributed by atoms with Gasteiger partial charge in [-0.25, -0.2) is 0 Å². The minimum Gasteiger partial charge on any atom is -0.293 e. The summed E-state index contributed by atoms with van der Waals surface area (Å²) >= 11 is 0. The molecule has 106 valence electrons. The predicted molar refractivity (Wildman–Crippen MR) is 75.0 cm³/mol. The van der Waals surface area contributed by atoms with E-state index in [1.807, 2.05) is 19.9 Å². The van der Waals surface area contributed by atoms with Gasteiger partial charge in [0.25, 0.3) is 0 Å². The second-order valence-corrected chi connectivity index (χ2v) is 6.16. The van der Waals surface area contributed by atoms with E-state index in [-0.39, 0.29) is 23.2 Å². The highest BCUT2D eigenvalue weighted by Crippen LogP contribution is 2.49. The van der Waals surface area contributed by atoms with Gasteiger partial charge in [0.1, 0.15) is 17.8 Å². The number of carbonyl (C=O) groups excluding carboxylic acids is 1. The van der Waals surface area contributed by atoms with E-state index in [4.69, 9.17) is 0 Å². The van der Waals surface area contributed by atoms with Crippen LogP contribution in [0.2, 0.25) is 0 Å². The van der Waals surface area contributed by atoms with E-state index in [0.717, 1.165) is 24.1 Å². The minimum atomic E-state index is -0.446. The quantitative estimate of drug-likeness (QED) is 0.725. The van der Waals surface area contributed by atoms with Crippen LogP contribution in [0.1, 0.15) is 37.2 Å². The van der Waals surface area contributed by atoms with Crippen molar-refractivity contribution in [3.63, 3.8) is 0 Å². The fraction of sp³-hybridized carbons (Fsp3) is 0.500. The highest BCUT2D eigenvalue weighted by atomic mass is 16.1. The Morgan fingerprint density at radius 2 is 2.14 bits per heavy atom. The fourth-order valence-corrected chi connectivity index (χ4v) is 3.98. The van der Waals surface area contributed by atoms with Crippen LogP contribution < -0.4 is 0 Å². The van der Waals surface area contributed by atoms with E-state index < -0.39 is 5.41 Å². The van der Waals surface area contributed by atoms with Gasteiger partial charge in [0, 0.05) is 23.9 Å². The van der Waals surface area contributed by atoms with E-state index in [9.17, 15) is 15.3 Å². The summed E-state index contributed by atoms with van der Waals surface area (Å²) in [5.41, 5.74) is 2.18. The molecule has 0 bridgehead atoms. The maximum absolute atomic E-state index is 12.2. The lowest BCUT2D eigenvalue weighted by Gasteiger charge is -2.44. The van der Waals surface area contributed by atoms with Crippen LogP contribution in [-0.2, 0) is 23.7 Å². The molecule has 1 heterocycles. The van der Waals surface area contributed by atoms with Crippen molar-refractivity contribution in [2.45, 2.75) is 32.1 Å². The van der Waals surface area contributed by atoms with Crippen molar-refractivity contribution in [2.75, 3.05) is 0 Å². The number of ketones is 1. The van der Waals surface area contributed by atoms with E-state index in [2.05, 4.69) is 11.2 Å². The zero-order chi connectivity index (χ0) is 15.4. The van der Waals surface area contributed by atoms with Gasteiger partial charge in [0.2, 0.25) is 0 Å². The molecule has 2 aliphatic rings. The number of nitriles is 2. The molecule has 0 radical (unpaired) electrons. The average molecular weight is 280 g/mol. The Hall–Kier alpha value is -2.40. The first kappa shape index (κ1) is 13.6. The molecular formula is C16H16N4O. The Bertz CT molecular complexity index is 758. The zero-order valence-electron chi connectivity index (χ0n) is 12.3. The molecular weight excluding hydrogens is 264 g/mol. The van der Waals surface area contributed by atoms with Gasteiger partial charge in [-0.3, -0.25) is 9.48 Å². The summed E-state index contributed by atoms with van der Waals surface area (Å²) < 4.78 is 1.61. The van der Waals surface area contributed by atoms with Crippen molar-refractivity contribution in [3.8, 4) is 12.1 Å². The van der Waals surface area contributed by atoms with Gasteiger partial charge in [0.05, 0.1) is 11.3 Å². The monoisotopic (exact) mass is 280 g/mol. The van der Waals surface area contributed by atoms with Gasteiger partial charge in [0.15, 0.2) is 5.78 Å². The lowest BCUT2D eigenvalue weighted by Crippen LogP contribution is -2.45. The molecule has 1 aromatic rings. The number of allylic oxidation sites excluding steroid dienone is 2. The van der Waals surface area contributed by atoms with Gasteiger partial charge in [-0.2, -0.15) is 15.6 Å². The van der Waals surface area contributed by atoms with Crippen LogP contribution in [-0.4, -0.2) is 15.6 Å². The number of Topliss-reactive ketones (excluding diaryl/α,β-unsaturated/α-hetero) is 1. The van der Waals surface area contributed by atoms with E-state index in [0.29, 0.717) is 5.69 Å². The van der Waals surface area contributed by atoms with Crippen molar-refractivity contribution in [1.82, 2.24) is 9.78 Å². The molecule has 0 saturated carbocycles. The highest BCUT2D eigenvalue weighted by Gasteiger charge is 2.50. The van der Waals surface area contributed by atoms with Crippen LogP contribution in [0.5, 0.6) is 0 Å². The maximum atomic E-state index is 12.2. The number of rotatable bonds is 0. The summed E-state index contributed by atoms with van der Waals surface area (Å²) in [4.78, 5) is 12.2. The number of hydrogen-bond donors (Lipinski definition) is 0. The van der Waals surface area contributed by atoms with Crippen molar-refractivity contribution in [2.24, 2.45) is 18.9 Å². The first-order valence-corrected chi connectivity index (χ1v) is 7.07. The Morgan fingerprint density at radius 1 is 1.43 bits per heavy atom. The van der Waals surface area contributed by atoms with Gasteiger partial charge >= 0.3 is 0 Å². The normalized spacial score (nSPS) is 30.7. The third-order valence-electron chi connectivity index (χ3n) is 5.08. The maximum Gasteiger partial charge on any atom is 0.176 e. The Balaban J connectivity index is 2.27. The standard InChI is InChI=1S/C16H16N4O/c1-9-12-5-4-11-13(8-18)20(3)19-15(11)16(12,2)6-10(7-17)14(9)21/h6,9,12H,4-5H2,1-3H3. The van der Waals surface area contributed by atoms with Crippen LogP contribution in [0.4, 0.5) is 0 Å². The van der Waals surface area contributed by atoms with Crippen LogP contribution in [0.15, 0.2) is 11.6 Å². The molecule has 2 aliphatic carbocycles. The van der Waals surface area contributed by atoms with Crippen LogP contribution in [0, 0.1) is 34.5 Å². The van der Waals surface area contributed by atoms with Crippen molar-refractivity contribution in [3.05, 3.63) is 28.6 Å². The van der Waals surface area contributed by atoms with Crippen LogP contribution in [0.3, 0.4) is 0 Å². The third-order valence-corrected chi connectivity index (χ3v) is 5.08. The SMILES string of the molecule is CC1C(=O)C(C#N)=CC2(C)c3nn(C)c(C#N)c3CCC12. The van der Waals surface area contributed by atoms with E-state index in [1.165, 1.54) is 0 Å². The average Bonchev–Trinajstić information content (AvgIpc) is 2.80. The highest BCUT2D eigenvalue weighted by molar-refractivity contribution is 6.02. The number of fused-ring (bicyclic) bond motifs is 3. The molecule has 0 amide bonds. The number of hydrogen-bond acceptors (Lipinski definition) is 4. The van der Waals surface area contributed by atoms with Gasteiger partial charge in [-0.05, 0) is 18.8 Å². The summed E-state index contributed by atoms with van der Waals surface area (Å²) in [5, 5.41) is 23.1. The second kappa shape index (κ2) is 4.30. The van der Waals surface area contributed by atoms with Crippen molar-refractivity contribution in [1.29, 1.82) is 10.5 Å². The second-order valence-electron chi connectivity index (χ2n) is 6.16. The van der Waals surface area contributed by atoms with Crippen LogP contribution >= 0.6 is 0 Å². The molecule has 3 atom stereocenters. The van der Waals surface area contributed by atoms with E-state index in [1.54, 1.807) is 17.8 Å². The molecule has 0 spiro atoms. The third kappa shape index (κ3) is 1.61. The summed E-state index contributed by atoms with van der Waals surface area (Å²) in [6.45, 7) is 3.93. The first-order chi connectivity index (χ1) is 9.93. The fourth-order valence-electron chi connectivity index (χ4n) is 3.98. The molecule has 0 fully saturated rings. The molecule has 0 saturated heterocycles. The van der Waals surface area contributed by atoms with Gasteiger partial charge in [-0.1, -0.05) is 19.9 Å². The Kier molecular flexibility index (Phi) is 2.78. The van der Waals surface area contributed by atoms with Gasteiger partial charge in [-0.15, -0.1) is 0 Å². The van der Waals surface area contributed by atoms with E-state index >= 15 is 0 Å². The van der Waals surface area contributed by atoms with Crippen LogP contribution in [0.25, 0.3) is 0 Å². The molecule has 3 unspecified atom stereocenters. The number of aromatic nitrogens is 2. The molecule has 21 heavy (non-hydrogen) atoms. The number of nitrogens with zero attached hydrogens (tertiary/aromatic N) is 4. The summed E-state index contributed by atoms with van der Waals surface area (Å²) in [7, 11) is 1.77. The van der Waals surface area contributed by atoms with Gasteiger partial charge < -0.3 is 0 Å². The minimum absolute atomic E-state index is 0.0696. The molecule has 0 aromatic carbocycles. The first-order valence-electron chi connectivity index (χ1n) is 7.07. The summed E-state index contributed by atoms with van der Waals surface area (Å²) in [6.07, 6.45) is 3.37. The molecule has 5 nitrogen and oxygen atoms in total. The predicted octanol–water partition coefficient (Wildman–Crippen LogP) is 1.78. The number of carbonyl (C=O) groups is 1. The Labute approximate surface area is 123 Å². The topological polar surface area (TPSA) is 82.5 Å². The largest absolute Gasteiger partial charge is 0.293 e. The molecule has 5 heteroatoms. The smallest absolute Gasteiger partial charge is 0.176 e. The molecule has 3 rings (SSSR count). The molecule has 0 N–H and O–H groups in total. The lowest BCUT2D eigenvalue weighted by molar-refractivity contribution is -0.121. The van der Waals surface area contributed by atoms with Crippen molar-refractivity contribution >= 4 is 5.78 Å². The Morgan fingerprint density at radius 3 is 2.76 bits per heavy atom. The van der Waals surface area contributed by atoms with Crippen molar-refractivity contribution < 1.29 is 4.79 Å². The lowest BCUT2D eigenvalue weighted by atomic mass is 9.58. The number of aryl methyl sites for hydroxylation is 1. The summed E-state index contributed by atoms with van der Waals surface area (Å²) in [5.74, 6) is -0.119. The zero-order valence-corrected chi connectivity index (χ0v) is 12.3. The molecule has 0 aliphatic heterocycles. The summed E-state index contributed by atoms with van der Waals surface area (Å²) in [6, 6.07) is 4.23. The molecule has 1 aromatic heterocycles.